The first-order valence-electron chi connectivity index (χ1n) is 8.85. The molecular formula is C21H25NO4S. The molecule has 0 saturated heterocycles. The Morgan fingerprint density at radius 3 is 2.26 bits per heavy atom. The van der Waals surface area contributed by atoms with Gasteiger partial charge in [-0.3, -0.25) is 14.4 Å². The normalized spacial score (nSPS) is 11.7. The van der Waals surface area contributed by atoms with Gasteiger partial charge >= 0.3 is 5.97 Å². The maximum Gasteiger partial charge on any atom is 0.307 e. The number of ketones is 1. The summed E-state index contributed by atoms with van der Waals surface area (Å²) in [4.78, 5) is 38.6. The molecule has 0 aliphatic carbocycles. The van der Waals surface area contributed by atoms with E-state index < -0.39 is 18.0 Å². The zero-order valence-corrected chi connectivity index (χ0v) is 17.2. The molecule has 0 radical (unpaired) electrons. The minimum atomic E-state index is -0.934. The number of para-hydroxylation sites is 1. The number of benzene rings is 1. The van der Waals surface area contributed by atoms with Gasteiger partial charge in [0.25, 0.3) is 5.91 Å². The summed E-state index contributed by atoms with van der Waals surface area (Å²) in [5.74, 6) is -1.03. The molecule has 1 atom stereocenters. The molecule has 0 bridgehead atoms. The first-order valence-corrected chi connectivity index (χ1v) is 9.67. The van der Waals surface area contributed by atoms with Crippen molar-refractivity contribution in [2.75, 3.05) is 5.32 Å². The molecule has 1 N–H and O–H groups in total. The number of ether oxygens (including phenoxy) is 1. The van der Waals surface area contributed by atoms with Gasteiger partial charge in [-0.15, -0.1) is 11.3 Å². The number of amides is 1. The van der Waals surface area contributed by atoms with Crippen molar-refractivity contribution in [3.8, 4) is 0 Å². The third-order valence-electron chi connectivity index (χ3n) is 4.30. The first-order chi connectivity index (χ1) is 12.7. The monoisotopic (exact) mass is 387 g/mol. The number of hydrogen-bond donors (Lipinski definition) is 1. The Morgan fingerprint density at radius 1 is 1.07 bits per heavy atom. The molecule has 6 heteroatoms. The predicted molar refractivity (Wildman–Crippen MR) is 107 cm³/mol. The summed E-state index contributed by atoms with van der Waals surface area (Å²) in [5.41, 5.74) is 3.26. The van der Waals surface area contributed by atoms with Gasteiger partial charge in [0.1, 0.15) is 0 Å². The molecular weight excluding hydrogens is 362 g/mol. The number of esters is 1. The van der Waals surface area contributed by atoms with Gasteiger partial charge in [0, 0.05) is 27.4 Å². The van der Waals surface area contributed by atoms with Gasteiger partial charge in [0.2, 0.25) is 0 Å². The van der Waals surface area contributed by atoms with E-state index in [1.807, 2.05) is 52.0 Å². The molecule has 1 heterocycles. The van der Waals surface area contributed by atoms with Crippen molar-refractivity contribution in [3.63, 3.8) is 0 Å². The predicted octanol–water partition coefficient (Wildman–Crippen LogP) is 4.52. The van der Waals surface area contributed by atoms with Crippen LogP contribution < -0.4 is 5.32 Å². The highest BCUT2D eigenvalue weighted by Crippen LogP contribution is 2.22. The van der Waals surface area contributed by atoms with Crippen LogP contribution in [0.15, 0.2) is 24.3 Å². The highest BCUT2D eigenvalue weighted by molar-refractivity contribution is 7.12. The molecule has 0 aliphatic heterocycles. The third kappa shape index (κ3) is 5.50. The lowest BCUT2D eigenvalue weighted by Crippen LogP contribution is -2.30. The Kier molecular flexibility index (Phi) is 6.91. The van der Waals surface area contributed by atoms with Gasteiger partial charge < -0.3 is 10.1 Å². The average Bonchev–Trinajstić information content (AvgIpc) is 2.94. The Labute approximate surface area is 163 Å². The van der Waals surface area contributed by atoms with Gasteiger partial charge in [-0.25, -0.2) is 0 Å². The highest BCUT2D eigenvalue weighted by Gasteiger charge is 2.20. The SMILES string of the molecule is Cc1cc(C(=O)CCC(=O)O[C@H](C)C(=O)Nc2c(C)cccc2C)c(C)s1. The van der Waals surface area contributed by atoms with Crippen molar-refractivity contribution >= 4 is 34.7 Å². The molecule has 2 rings (SSSR count). The van der Waals surface area contributed by atoms with Crippen LogP contribution in [0, 0.1) is 27.7 Å². The molecule has 1 aromatic heterocycles. The number of hydrogen-bond acceptors (Lipinski definition) is 5. The molecule has 0 saturated carbocycles. The standard InChI is InChI=1S/C21H25NO4S/c1-12-7-6-8-13(2)20(12)22-21(25)15(4)26-19(24)10-9-18(23)17-11-14(3)27-16(17)5/h6-8,11,15H,9-10H2,1-5H3,(H,22,25)/t15-/m1/s1. The molecule has 0 spiro atoms. The summed E-state index contributed by atoms with van der Waals surface area (Å²) in [6, 6.07) is 7.56. The fourth-order valence-corrected chi connectivity index (χ4v) is 3.75. The minimum absolute atomic E-state index is 0.0474. The molecule has 27 heavy (non-hydrogen) atoms. The number of aryl methyl sites for hydroxylation is 4. The third-order valence-corrected chi connectivity index (χ3v) is 5.27. The van der Waals surface area contributed by atoms with E-state index in [4.69, 9.17) is 4.74 Å². The van der Waals surface area contributed by atoms with E-state index in [9.17, 15) is 14.4 Å². The maximum absolute atomic E-state index is 12.3. The Hall–Kier alpha value is -2.47. The zero-order valence-electron chi connectivity index (χ0n) is 16.3. The van der Waals surface area contributed by atoms with Crippen LogP contribution in [0.3, 0.4) is 0 Å². The van der Waals surface area contributed by atoms with Crippen molar-refractivity contribution in [3.05, 3.63) is 50.7 Å². The second kappa shape index (κ2) is 8.95. The van der Waals surface area contributed by atoms with Gasteiger partial charge in [-0.1, -0.05) is 18.2 Å². The molecule has 1 amide bonds. The number of Topliss-reactive ketones (excluding diaryl/α,β-unsaturated/α-hetero) is 1. The zero-order chi connectivity index (χ0) is 20.1. The van der Waals surface area contributed by atoms with Crippen LogP contribution in [0.5, 0.6) is 0 Å². The molecule has 0 unspecified atom stereocenters. The first kappa shape index (κ1) is 20.8. The number of carbonyl (C=O) groups is 3. The summed E-state index contributed by atoms with van der Waals surface area (Å²) in [7, 11) is 0. The summed E-state index contributed by atoms with van der Waals surface area (Å²) >= 11 is 1.56. The van der Waals surface area contributed by atoms with E-state index in [1.165, 1.54) is 6.92 Å². The van der Waals surface area contributed by atoms with Gasteiger partial charge in [0.05, 0.1) is 6.42 Å². The lowest BCUT2D eigenvalue weighted by Gasteiger charge is -2.16. The van der Waals surface area contributed by atoms with E-state index in [0.29, 0.717) is 5.56 Å². The van der Waals surface area contributed by atoms with Crippen molar-refractivity contribution < 1.29 is 19.1 Å². The van der Waals surface area contributed by atoms with Crippen LogP contribution in [-0.4, -0.2) is 23.8 Å². The van der Waals surface area contributed by atoms with Crippen molar-refractivity contribution in [2.24, 2.45) is 0 Å². The molecule has 144 valence electrons. The number of carbonyl (C=O) groups excluding carboxylic acids is 3. The Balaban J connectivity index is 1.87. The summed E-state index contributed by atoms with van der Waals surface area (Å²) in [6.07, 6.45) is -0.910. The number of nitrogens with one attached hydrogen (secondary N) is 1. The van der Waals surface area contributed by atoms with Gasteiger partial charge in [-0.05, 0) is 51.8 Å². The summed E-state index contributed by atoms with van der Waals surface area (Å²) in [5, 5.41) is 2.80. The van der Waals surface area contributed by atoms with Gasteiger partial charge in [0.15, 0.2) is 11.9 Å². The van der Waals surface area contributed by atoms with Crippen LogP contribution in [0.2, 0.25) is 0 Å². The fraction of sp³-hybridized carbons (Fsp3) is 0.381. The second-order valence-corrected chi connectivity index (χ2v) is 8.10. The summed E-state index contributed by atoms with van der Waals surface area (Å²) < 4.78 is 5.19. The lowest BCUT2D eigenvalue weighted by atomic mass is 10.1. The molecule has 0 fully saturated rings. The van der Waals surface area contributed by atoms with E-state index in [0.717, 1.165) is 26.6 Å². The topological polar surface area (TPSA) is 72.5 Å². The Bertz CT molecular complexity index is 849. The second-order valence-electron chi connectivity index (χ2n) is 6.64. The van der Waals surface area contributed by atoms with E-state index in [-0.39, 0.29) is 18.6 Å². The van der Waals surface area contributed by atoms with Crippen LogP contribution in [0.25, 0.3) is 0 Å². The van der Waals surface area contributed by atoms with E-state index in [2.05, 4.69) is 5.32 Å². The van der Waals surface area contributed by atoms with E-state index in [1.54, 1.807) is 11.3 Å². The van der Waals surface area contributed by atoms with Crippen molar-refractivity contribution in [2.45, 2.75) is 53.6 Å². The minimum Gasteiger partial charge on any atom is -0.453 e. The van der Waals surface area contributed by atoms with Crippen LogP contribution in [-0.2, 0) is 14.3 Å². The smallest absolute Gasteiger partial charge is 0.307 e. The molecule has 5 nitrogen and oxygen atoms in total. The van der Waals surface area contributed by atoms with E-state index >= 15 is 0 Å². The highest BCUT2D eigenvalue weighted by atomic mass is 32.1. The fourth-order valence-electron chi connectivity index (χ4n) is 2.80. The quantitative estimate of drug-likeness (QED) is 0.560. The molecule has 1 aromatic carbocycles. The molecule has 2 aromatic rings. The maximum atomic E-state index is 12.3. The summed E-state index contributed by atoms with van der Waals surface area (Å²) in [6.45, 7) is 9.16. The number of thiophene rings is 1. The van der Waals surface area contributed by atoms with Crippen LogP contribution in [0.1, 0.15) is 51.0 Å². The number of anilines is 1. The van der Waals surface area contributed by atoms with Crippen molar-refractivity contribution in [1.29, 1.82) is 0 Å². The largest absolute Gasteiger partial charge is 0.453 e. The van der Waals surface area contributed by atoms with Crippen molar-refractivity contribution in [1.82, 2.24) is 0 Å². The molecule has 0 aliphatic rings. The Morgan fingerprint density at radius 2 is 1.70 bits per heavy atom. The lowest BCUT2D eigenvalue weighted by molar-refractivity contribution is -0.153. The van der Waals surface area contributed by atoms with Gasteiger partial charge in [-0.2, -0.15) is 0 Å². The van der Waals surface area contributed by atoms with Crippen LogP contribution >= 0.6 is 11.3 Å². The average molecular weight is 388 g/mol. The number of rotatable bonds is 7. The van der Waals surface area contributed by atoms with Crippen LogP contribution in [0.4, 0.5) is 5.69 Å².